The Bertz CT molecular complexity index is 1110. The Morgan fingerprint density at radius 3 is 2.96 bits per heavy atom. The van der Waals surface area contributed by atoms with Crippen molar-refractivity contribution in [3.05, 3.63) is 47.6 Å². The fourth-order valence-electron chi connectivity index (χ4n) is 3.46. The summed E-state index contributed by atoms with van der Waals surface area (Å²) in [7, 11) is -3.75. The van der Waals surface area contributed by atoms with Crippen LogP contribution in [0.1, 0.15) is 18.4 Å². The fourth-order valence-corrected chi connectivity index (χ4v) is 5.68. The van der Waals surface area contributed by atoms with Crippen LogP contribution < -0.4 is 5.32 Å². The van der Waals surface area contributed by atoms with E-state index in [0.717, 1.165) is 10.9 Å². The van der Waals surface area contributed by atoms with E-state index in [1.165, 1.54) is 15.6 Å². The highest BCUT2D eigenvalue weighted by Gasteiger charge is 2.34. The highest BCUT2D eigenvalue weighted by molar-refractivity contribution is 7.89. The molecule has 1 aliphatic rings. The second kappa shape index (κ2) is 7.57. The molecule has 1 N–H and O–H groups in total. The van der Waals surface area contributed by atoms with Crippen molar-refractivity contribution in [1.82, 2.24) is 14.3 Å². The number of hydrogen-bond acceptors (Lipinski definition) is 6. The van der Waals surface area contributed by atoms with Gasteiger partial charge in [-0.3, -0.25) is 9.78 Å². The number of aryl methyl sites for hydroxylation is 1. The van der Waals surface area contributed by atoms with Gasteiger partial charge in [-0.05, 0) is 37.5 Å². The number of amides is 1. The van der Waals surface area contributed by atoms with Gasteiger partial charge in [0, 0.05) is 36.2 Å². The number of pyridine rings is 1. The highest BCUT2D eigenvalue weighted by Crippen LogP contribution is 2.29. The third kappa shape index (κ3) is 3.65. The van der Waals surface area contributed by atoms with Gasteiger partial charge in [0.05, 0.1) is 11.4 Å². The van der Waals surface area contributed by atoms with Crippen LogP contribution in [0.5, 0.6) is 0 Å². The van der Waals surface area contributed by atoms with Crippen LogP contribution in [0, 0.1) is 12.8 Å². The first-order valence-corrected chi connectivity index (χ1v) is 11.3. The van der Waals surface area contributed by atoms with Gasteiger partial charge in [-0.1, -0.05) is 12.1 Å². The molecule has 146 valence electrons. The molecule has 9 heteroatoms. The van der Waals surface area contributed by atoms with Crippen LogP contribution in [0.25, 0.3) is 10.9 Å². The predicted molar refractivity (Wildman–Crippen MR) is 109 cm³/mol. The third-order valence-corrected chi connectivity index (χ3v) is 7.43. The Hall–Kier alpha value is -2.36. The second-order valence-electron chi connectivity index (χ2n) is 6.87. The Kier molecular flexibility index (Phi) is 5.13. The lowest BCUT2D eigenvalue weighted by molar-refractivity contribution is -0.120. The summed E-state index contributed by atoms with van der Waals surface area (Å²) in [5, 5.41) is 5.87. The number of hydrogen-bond donors (Lipinski definition) is 1. The van der Waals surface area contributed by atoms with Gasteiger partial charge in [-0.25, -0.2) is 13.4 Å². The average Bonchev–Trinajstić information content (AvgIpc) is 3.20. The molecular formula is C19H20N4O3S2. The van der Waals surface area contributed by atoms with Crippen molar-refractivity contribution in [3.8, 4) is 0 Å². The van der Waals surface area contributed by atoms with Crippen molar-refractivity contribution in [3.63, 3.8) is 0 Å². The molecule has 0 spiro atoms. The van der Waals surface area contributed by atoms with Crippen molar-refractivity contribution in [2.75, 3.05) is 18.4 Å². The molecule has 4 rings (SSSR count). The maximum absolute atomic E-state index is 13.3. The number of rotatable bonds is 4. The van der Waals surface area contributed by atoms with Crippen molar-refractivity contribution in [2.45, 2.75) is 24.7 Å². The molecule has 1 aliphatic heterocycles. The highest BCUT2D eigenvalue weighted by atomic mass is 32.2. The summed E-state index contributed by atoms with van der Waals surface area (Å²) in [5.74, 6) is -0.598. The lowest BCUT2D eigenvalue weighted by Gasteiger charge is -2.31. The Morgan fingerprint density at radius 1 is 1.32 bits per heavy atom. The number of carbonyl (C=O) groups is 1. The number of nitrogens with one attached hydrogen (secondary N) is 1. The summed E-state index contributed by atoms with van der Waals surface area (Å²) in [6.07, 6.45) is 4.57. The Labute approximate surface area is 167 Å². The quantitative estimate of drug-likeness (QED) is 0.706. The SMILES string of the molecule is Cc1cnc2c(S(=O)(=O)N3CCCC(C(=O)Nc4nccs4)C3)cccc2c1. The van der Waals surface area contributed by atoms with E-state index in [1.807, 2.05) is 19.1 Å². The first-order valence-electron chi connectivity index (χ1n) is 9.01. The van der Waals surface area contributed by atoms with E-state index >= 15 is 0 Å². The van der Waals surface area contributed by atoms with Gasteiger partial charge >= 0.3 is 0 Å². The van der Waals surface area contributed by atoms with Crippen molar-refractivity contribution < 1.29 is 13.2 Å². The molecule has 1 fully saturated rings. The maximum Gasteiger partial charge on any atom is 0.245 e. The van der Waals surface area contributed by atoms with Crippen molar-refractivity contribution in [1.29, 1.82) is 0 Å². The van der Waals surface area contributed by atoms with E-state index in [-0.39, 0.29) is 17.3 Å². The monoisotopic (exact) mass is 416 g/mol. The van der Waals surface area contributed by atoms with E-state index in [9.17, 15) is 13.2 Å². The summed E-state index contributed by atoms with van der Waals surface area (Å²) in [5.41, 5.74) is 1.43. The smallest absolute Gasteiger partial charge is 0.245 e. The average molecular weight is 417 g/mol. The summed E-state index contributed by atoms with van der Waals surface area (Å²) in [4.78, 5) is 21.1. The molecule has 1 amide bonds. The molecule has 3 aromatic rings. The number of thiazole rings is 1. The second-order valence-corrected chi connectivity index (χ2v) is 9.67. The largest absolute Gasteiger partial charge is 0.302 e. The topological polar surface area (TPSA) is 92.3 Å². The number of benzene rings is 1. The number of nitrogens with zero attached hydrogens (tertiary/aromatic N) is 3. The van der Waals surface area contributed by atoms with E-state index in [4.69, 9.17) is 0 Å². The molecule has 3 heterocycles. The van der Waals surface area contributed by atoms with E-state index in [0.29, 0.717) is 30.0 Å². The van der Waals surface area contributed by atoms with Crippen LogP contribution in [-0.4, -0.2) is 41.7 Å². The molecule has 0 bridgehead atoms. The first kappa shape index (κ1) is 19.0. The summed E-state index contributed by atoms with van der Waals surface area (Å²) < 4.78 is 28.0. The van der Waals surface area contributed by atoms with E-state index < -0.39 is 15.9 Å². The van der Waals surface area contributed by atoms with Crippen molar-refractivity contribution in [2.24, 2.45) is 5.92 Å². The molecule has 1 saturated heterocycles. The molecule has 0 saturated carbocycles. The van der Waals surface area contributed by atoms with Gasteiger partial charge in [0.1, 0.15) is 4.90 Å². The zero-order valence-corrected chi connectivity index (χ0v) is 17.0. The summed E-state index contributed by atoms with van der Waals surface area (Å²) in [6, 6.07) is 7.09. The minimum absolute atomic E-state index is 0.155. The van der Waals surface area contributed by atoms with Gasteiger partial charge in [-0.15, -0.1) is 11.3 Å². The summed E-state index contributed by atoms with van der Waals surface area (Å²) >= 11 is 1.34. The Morgan fingerprint density at radius 2 is 2.18 bits per heavy atom. The van der Waals surface area contributed by atoms with Crippen LogP contribution >= 0.6 is 11.3 Å². The van der Waals surface area contributed by atoms with Gasteiger partial charge in [0.15, 0.2) is 5.13 Å². The zero-order valence-electron chi connectivity index (χ0n) is 15.3. The van der Waals surface area contributed by atoms with E-state index in [1.54, 1.807) is 29.9 Å². The van der Waals surface area contributed by atoms with Gasteiger partial charge in [-0.2, -0.15) is 4.31 Å². The molecule has 0 aliphatic carbocycles. The minimum atomic E-state index is -3.75. The minimum Gasteiger partial charge on any atom is -0.302 e. The number of aromatic nitrogens is 2. The van der Waals surface area contributed by atoms with Crippen LogP contribution in [0.2, 0.25) is 0 Å². The first-order chi connectivity index (χ1) is 13.4. The molecule has 1 aromatic carbocycles. The maximum atomic E-state index is 13.3. The number of para-hydroxylation sites is 1. The predicted octanol–water partition coefficient (Wildman–Crippen LogP) is 3.04. The fraction of sp³-hybridized carbons (Fsp3) is 0.316. The summed E-state index contributed by atoms with van der Waals surface area (Å²) in [6.45, 7) is 2.47. The molecular weight excluding hydrogens is 396 g/mol. The number of sulfonamides is 1. The van der Waals surface area contributed by atoms with Crippen LogP contribution in [0.4, 0.5) is 5.13 Å². The molecule has 0 radical (unpaired) electrons. The standard InChI is InChI=1S/C19H20N4O3S2/c1-13-10-14-4-2-6-16(17(14)21-11-13)28(25,26)23-8-3-5-15(12-23)18(24)22-19-20-7-9-27-19/h2,4,6-7,9-11,15H,3,5,8,12H2,1H3,(H,20,22,24). The lowest BCUT2D eigenvalue weighted by atomic mass is 9.99. The molecule has 2 aromatic heterocycles. The molecule has 28 heavy (non-hydrogen) atoms. The number of fused-ring (bicyclic) bond motifs is 1. The Balaban J connectivity index is 1.60. The lowest BCUT2D eigenvalue weighted by Crippen LogP contribution is -2.43. The molecule has 7 nitrogen and oxygen atoms in total. The van der Waals surface area contributed by atoms with Gasteiger partial charge in [0.2, 0.25) is 15.9 Å². The zero-order chi connectivity index (χ0) is 19.7. The van der Waals surface area contributed by atoms with Crippen LogP contribution in [0.3, 0.4) is 0 Å². The number of anilines is 1. The normalized spacial score (nSPS) is 18.2. The van der Waals surface area contributed by atoms with Crippen molar-refractivity contribution >= 4 is 43.3 Å². The number of piperidine rings is 1. The van der Waals surface area contributed by atoms with Crippen LogP contribution in [0.15, 0.2) is 46.9 Å². The number of carbonyl (C=O) groups excluding carboxylic acids is 1. The van der Waals surface area contributed by atoms with Crippen LogP contribution in [-0.2, 0) is 14.8 Å². The molecule has 1 atom stereocenters. The van der Waals surface area contributed by atoms with Gasteiger partial charge in [0.25, 0.3) is 0 Å². The molecule has 1 unspecified atom stereocenters. The van der Waals surface area contributed by atoms with E-state index in [2.05, 4.69) is 15.3 Å². The third-order valence-electron chi connectivity index (χ3n) is 4.85. The van der Waals surface area contributed by atoms with Gasteiger partial charge < -0.3 is 5.32 Å².